The van der Waals surface area contributed by atoms with Gasteiger partial charge in [-0.1, -0.05) is 6.07 Å². The summed E-state index contributed by atoms with van der Waals surface area (Å²) in [5.41, 5.74) is 1.09. The van der Waals surface area contributed by atoms with Gasteiger partial charge in [0.25, 0.3) is 0 Å². The van der Waals surface area contributed by atoms with Crippen molar-refractivity contribution < 1.29 is 4.74 Å². The van der Waals surface area contributed by atoms with E-state index in [0.717, 1.165) is 21.3 Å². The highest BCUT2D eigenvalue weighted by atomic mass is 79.9. The third-order valence-electron chi connectivity index (χ3n) is 2.36. The van der Waals surface area contributed by atoms with E-state index < -0.39 is 0 Å². The number of hydrogen-bond donors (Lipinski definition) is 0. The molecule has 1 aromatic carbocycles. The molecule has 0 N–H and O–H groups in total. The molecule has 0 unspecified atom stereocenters. The molecule has 0 spiro atoms. The number of nitrogens with zero attached hydrogens (tertiary/aromatic N) is 2. The Balaban J connectivity index is 2.79. The van der Waals surface area contributed by atoms with Crippen LogP contribution in [0, 0.1) is 0 Å². The second kappa shape index (κ2) is 3.85. The molecule has 1 heterocycles. The van der Waals surface area contributed by atoms with Crippen molar-refractivity contribution in [3.8, 4) is 5.75 Å². The van der Waals surface area contributed by atoms with Gasteiger partial charge in [0, 0.05) is 6.04 Å². The van der Waals surface area contributed by atoms with Crippen LogP contribution in [0.3, 0.4) is 0 Å². The van der Waals surface area contributed by atoms with Crippen molar-refractivity contribution in [2.45, 2.75) is 19.9 Å². The summed E-state index contributed by atoms with van der Waals surface area (Å²) in [7, 11) is 1.67. The molecule has 0 aliphatic rings. The molecule has 80 valence electrons. The van der Waals surface area contributed by atoms with Crippen molar-refractivity contribution in [1.29, 1.82) is 0 Å². The smallest absolute Gasteiger partial charge is 0.139 e. The summed E-state index contributed by atoms with van der Waals surface area (Å²) in [6, 6.07) is 6.31. The number of hydrogen-bond acceptors (Lipinski definition) is 2. The first-order chi connectivity index (χ1) is 7.15. The average molecular weight is 269 g/mol. The van der Waals surface area contributed by atoms with Crippen LogP contribution in [0.4, 0.5) is 0 Å². The number of benzene rings is 1. The largest absolute Gasteiger partial charge is 0.496 e. The van der Waals surface area contributed by atoms with Gasteiger partial charge >= 0.3 is 0 Å². The number of aromatic nitrogens is 2. The van der Waals surface area contributed by atoms with Crippen LogP contribution in [0.15, 0.2) is 22.8 Å². The lowest BCUT2D eigenvalue weighted by molar-refractivity contribution is 0.419. The highest BCUT2D eigenvalue weighted by molar-refractivity contribution is 9.10. The predicted octanol–water partition coefficient (Wildman–Crippen LogP) is 3.39. The van der Waals surface area contributed by atoms with Gasteiger partial charge in [-0.15, -0.1) is 0 Å². The molecular weight excluding hydrogens is 256 g/mol. The number of rotatable bonds is 2. The summed E-state index contributed by atoms with van der Waals surface area (Å²) < 4.78 is 8.14. The van der Waals surface area contributed by atoms with Crippen LogP contribution >= 0.6 is 15.9 Å². The predicted molar refractivity (Wildman–Crippen MR) is 64.4 cm³/mol. The summed E-state index contributed by atoms with van der Waals surface area (Å²) in [4.78, 5) is 0. The zero-order valence-electron chi connectivity index (χ0n) is 8.99. The maximum atomic E-state index is 5.32. The SMILES string of the molecule is COc1cccc2c1c(Br)nn2C(C)C. The molecule has 0 amide bonds. The zero-order chi connectivity index (χ0) is 11.0. The first-order valence-corrected chi connectivity index (χ1v) is 5.65. The first kappa shape index (κ1) is 10.5. The number of methoxy groups -OCH3 is 1. The van der Waals surface area contributed by atoms with Crippen molar-refractivity contribution >= 4 is 26.8 Å². The van der Waals surface area contributed by atoms with Crippen LogP contribution in [0.1, 0.15) is 19.9 Å². The van der Waals surface area contributed by atoms with Crippen LogP contribution in [0.5, 0.6) is 5.75 Å². The maximum absolute atomic E-state index is 5.32. The second-order valence-corrected chi connectivity index (χ2v) is 4.43. The van der Waals surface area contributed by atoms with E-state index in [1.54, 1.807) is 7.11 Å². The number of halogens is 1. The Morgan fingerprint density at radius 1 is 1.40 bits per heavy atom. The highest BCUT2D eigenvalue weighted by Crippen LogP contribution is 2.33. The van der Waals surface area contributed by atoms with Gasteiger partial charge in [-0.25, -0.2) is 0 Å². The molecule has 0 saturated carbocycles. The van der Waals surface area contributed by atoms with Crippen LogP contribution in [-0.2, 0) is 0 Å². The zero-order valence-corrected chi connectivity index (χ0v) is 10.6. The van der Waals surface area contributed by atoms with Gasteiger partial charge in [0.15, 0.2) is 0 Å². The Bertz CT molecular complexity index is 491. The van der Waals surface area contributed by atoms with Gasteiger partial charge in [0.2, 0.25) is 0 Å². The lowest BCUT2D eigenvalue weighted by Gasteiger charge is -2.07. The van der Waals surface area contributed by atoms with E-state index in [9.17, 15) is 0 Å². The van der Waals surface area contributed by atoms with Gasteiger partial charge in [0.05, 0.1) is 18.0 Å². The molecule has 0 aliphatic carbocycles. The first-order valence-electron chi connectivity index (χ1n) is 4.86. The van der Waals surface area contributed by atoms with Crippen LogP contribution in [0.25, 0.3) is 10.9 Å². The molecule has 0 fully saturated rings. The standard InChI is InChI=1S/C11H13BrN2O/c1-7(2)14-8-5-4-6-9(15-3)10(8)11(12)13-14/h4-7H,1-3H3. The lowest BCUT2D eigenvalue weighted by Crippen LogP contribution is -2.01. The maximum Gasteiger partial charge on any atom is 0.139 e. The molecule has 15 heavy (non-hydrogen) atoms. The number of ether oxygens (including phenoxy) is 1. The van der Waals surface area contributed by atoms with Gasteiger partial charge in [-0.05, 0) is 41.9 Å². The molecule has 0 atom stereocenters. The topological polar surface area (TPSA) is 27.1 Å². The van der Waals surface area contributed by atoms with Crippen LogP contribution in [0.2, 0.25) is 0 Å². The lowest BCUT2D eigenvalue weighted by atomic mass is 10.2. The minimum atomic E-state index is 0.339. The minimum Gasteiger partial charge on any atom is -0.496 e. The van der Waals surface area contributed by atoms with Gasteiger partial charge in [0.1, 0.15) is 10.4 Å². The second-order valence-electron chi connectivity index (χ2n) is 3.68. The third-order valence-corrected chi connectivity index (χ3v) is 2.92. The van der Waals surface area contributed by atoms with E-state index in [0.29, 0.717) is 6.04 Å². The Kier molecular flexibility index (Phi) is 2.69. The Hall–Kier alpha value is -1.03. The monoisotopic (exact) mass is 268 g/mol. The molecular formula is C11H13BrN2O. The van der Waals surface area contributed by atoms with E-state index >= 15 is 0 Å². The van der Waals surface area contributed by atoms with Crippen molar-refractivity contribution in [1.82, 2.24) is 9.78 Å². The molecule has 1 aromatic heterocycles. The summed E-state index contributed by atoms with van der Waals surface area (Å²) in [5.74, 6) is 0.853. The Morgan fingerprint density at radius 2 is 2.13 bits per heavy atom. The molecule has 4 heteroatoms. The summed E-state index contributed by atoms with van der Waals surface area (Å²) in [6.07, 6.45) is 0. The van der Waals surface area contributed by atoms with Gasteiger partial charge in [-0.3, -0.25) is 4.68 Å². The van der Waals surface area contributed by atoms with Crippen molar-refractivity contribution in [3.05, 3.63) is 22.8 Å². The summed E-state index contributed by atoms with van der Waals surface area (Å²) >= 11 is 3.47. The van der Waals surface area contributed by atoms with Crippen molar-refractivity contribution in [2.24, 2.45) is 0 Å². The average Bonchev–Trinajstić information content (AvgIpc) is 2.56. The van der Waals surface area contributed by atoms with E-state index in [1.165, 1.54) is 0 Å². The van der Waals surface area contributed by atoms with E-state index in [1.807, 2.05) is 16.8 Å². The highest BCUT2D eigenvalue weighted by Gasteiger charge is 2.13. The molecule has 3 nitrogen and oxygen atoms in total. The molecule has 0 bridgehead atoms. The summed E-state index contributed by atoms with van der Waals surface area (Å²) in [6.45, 7) is 4.22. The van der Waals surface area contributed by atoms with E-state index in [-0.39, 0.29) is 0 Å². The van der Waals surface area contributed by atoms with Gasteiger partial charge in [-0.2, -0.15) is 5.10 Å². The van der Waals surface area contributed by atoms with Gasteiger partial charge < -0.3 is 4.74 Å². The normalized spacial score (nSPS) is 11.3. The molecule has 0 radical (unpaired) electrons. The molecule has 2 aromatic rings. The fourth-order valence-electron chi connectivity index (χ4n) is 1.68. The minimum absolute atomic E-state index is 0.339. The van der Waals surface area contributed by atoms with Crippen LogP contribution < -0.4 is 4.74 Å². The fraction of sp³-hybridized carbons (Fsp3) is 0.364. The van der Waals surface area contributed by atoms with Crippen molar-refractivity contribution in [2.75, 3.05) is 7.11 Å². The van der Waals surface area contributed by atoms with E-state index in [4.69, 9.17) is 4.74 Å². The fourth-order valence-corrected chi connectivity index (χ4v) is 2.25. The molecule has 0 saturated heterocycles. The Morgan fingerprint density at radius 3 is 2.73 bits per heavy atom. The number of fused-ring (bicyclic) bond motifs is 1. The Labute approximate surface area is 97.2 Å². The molecule has 2 rings (SSSR count). The van der Waals surface area contributed by atoms with E-state index in [2.05, 4.69) is 40.9 Å². The quantitative estimate of drug-likeness (QED) is 0.835. The van der Waals surface area contributed by atoms with Crippen molar-refractivity contribution in [3.63, 3.8) is 0 Å². The third kappa shape index (κ3) is 1.63. The molecule has 0 aliphatic heterocycles. The van der Waals surface area contributed by atoms with Crippen LogP contribution in [-0.4, -0.2) is 16.9 Å². The summed E-state index contributed by atoms with van der Waals surface area (Å²) in [5, 5.41) is 5.49.